The van der Waals surface area contributed by atoms with Gasteiger partial charge in [-0.2, -0.15) is 0 Å². The second-order valence-corrected chi connectivity index (χ2v) is 6.15. The zero-order chi connectivity index (χ0) is 14.1. The normalized spacial score (nSPS) is 11.5. The molecule has 0 spiro atoms. The van der Waals surface area contributed by atoms with Crippen molar-refractivity contribution >= 4 is 39.8 Å². The molecule has 3 aromatic rings. The predicted octanol–water partition coefficient (Wildman–Crippen LogP) is 2.70. The maximum Gasteiger partial charge on any atom is 0.301 e. The monoisotopic (exact) mass is 305 g/mol. The summed E-state index contributed by atoms with van der Waals surface area (Å²) < 4.78 is 6.68. The van der Waals surface area contributed by atoms with Gasteiger partial charge >= 0.3 is 5.56 Å². The van der Waals surface area contributed by atoms with Crippen LogP contribution < -0.4 is 10.3 Å². The minimum Gasteiger partial charge on any atom is -0.490 e. The van der Waals surface area contributed by atoms with Gasteiger partial charge in [0.05, 0.1) is 12.1 Å². The van der Waals surface area contributed by atoms with Crippen LogP contribution >= 0.6 is 22.7 Å². The van der Waals surface area contributed by atoms with Gasteiger partial charge in [0.15, 0.2) is 4.96 Å². The Hall–Kier alpha value is -1.99. The molecule has 0 fully saturated rings. The molecule has 3 aromatic heterocycles. The molecule has 20 heavy (non-hydrogen) atoms. The van der Waals surface area contributed by atoms with Crippen LogP contribution in [0.5, 0.6) is 5.75 Å². The number of nitrogens with zero attached hydrogens (tertiary/aromatic N) is 3. The largest absolute Gasteiger partial charge is 0.490 e. The maximum atomic E-state index is 12.2. The van der Waals surface area contributed by atoms with E-state index in [9.17, 15) is 4.79 Å². The summed E-state index contributed by atoms with van der Waals surface area (Å²) in [6.45, 7) is 1.95. The second-order valence-electron chi connectivity index (χ2n) is 4.01. The molecule has 102 valence electrons. The molecule has 0 saturated carbocycles. The second kappa shape index (κ2) is 5.18. The van der Waals surface area contributed by atoms with E-state index < -0.39 is 0 Å². The first-order valence-electron chi connectivity index (χ1n) is 5.83. The molecule has 0 amide bonds. The lowest BCUT2D eigenvalue weighted by Gasteiger charge is -2.03. The lowest BCUT2D eigenvalue weighted by Crippen LogP contribution is -2.16. The highest BCUT2D eigenvalue weighted by molar-refractivity contribution is 7.15. The summed E-state index contributed by atoms with van der Waals surface area (Å²) in [6.07, 6.45) is 7.16. The minimum atomic E-state index is -0.195. The summed E-state index contributed by atoms with van der Waals surface area (Å²) in [6, 6.07) is 0. The van der Waals surface area contributed by atoms with E-state index in [1.807, 2.05) is 18.4 Å². The van der Waals surface area contributed by atoms with Crippen LogP contribution in [0.4, 0.5) is 0 Å². The highest BCUT2D eigenvalue weighted by atomic mass is 32.1. The summed E-state index contributed by atoms with van der Waals surface area (Å²) in [7, 11) is 1.48. The Bertz CT molecular complexity index is 845. The zero-order valence-corrected chi connectivity index (χ0v) is 12.5. The number of hydrogen-bond acceptors (Lipinski definition) is 6. The number of aromatic nitrogens is 3. The van der Waals surface area contributed by atoms with Gasteiger partial charge in [-0.1, -0.05) is 0 Å². The molecule has 0 saturated heterocycles. The van der Waals surface area contributed by atoms with E-state index in [1.54, 1.807) is 29.8 Å². The third kappa shape index (κ3) is 2.25. The number of hydrogen-bond donors (Lipinski definition) is 0. The quantitative estimate of drug-likeness (QED) is 0.746. The van der Waals surface area contributed by atoms with E-state index in [0.29, 0.717) is 10.7 Å². The Morgan fingerprint density at radius 1 is 1.40 bits per heavy atom. The smallest absolute Gasteiger partial charge is 0.301 e. The zero-order valence-electron chi connectivity index (χ0n) is 10.9. The molecule has 0 aliphatic heterocycles. The van der Waals surface area contributed by atoms with E-state index in [4.69, 9.17) is 4.74 Å². The maximum absolute atomic E-state index is 12.2. The molecule has 0 N–H and O–H groups in total. The highest BCUT2D eigenvalue weighted by Crippen LogP contribution is 2.19. The van der Waals surface area contributed by atoms with Crippen molar-refractivity contribution in [2.45, 2.75) is 6.92 Å². The van der Waals surface area contributed by atoms with Crippen molar-refractivity contribution in [3.05, 3.63) is 43.7 Å². The summed E-state index contributed by atoms with van der Waals surface area (Å²) in [5, 5.41) is 2.82. The fourth-order valence-electron chi connectivity index (χ4n) is 1.80. The molecule has 7 heteroatoms. The van der Waals surface area contributed by atoms with Crippen LogP contribution in [0.1, 0.15) is 15.6 Å². The Morgan fingerprint density at radius 2 is 2.25 bits per heavy atom. The van der Waals surface area contributed by atoms with E-state index in [-0.39, 0.29) is 11.3 Å². The molecular weight excluding hydrogens is 294 g/mol. The lowest BCUT2D eigenvalue weighted by molar-refractivity contribution is 0.404. The van der Waals surface area contributed by atoms with Gasteiger partial charge in [0.2, 0.25) is 5.75 Å². The molecule has 0 radical (unpaired) electrons. The van der Waals surface area contributed by atoms with Gasteiger partial charge in [0, 0.05) is 22.7 Å². The molecule has 0 atom stereocenters. The molecule has 3 heterocycles. The van der Waals surface area contributed by atoms with Gasteiger partial charge in [-0.15, -0.1) is 22.7 Å². The minimum absolute atomic E-state index is 0.195. The van der Waals surface area contributed by atoms with Crippen LogP contribution in [0.3, 0.4) is 0 Å². The molecule has 3 rings (SSSR count). The molecule has 0 unspecified atom stereocenters. The van der Waals surface area contributed by atoms with Crippen molar-refractivity contribution in [1.82, 2.24) is 14.4 Å². The van der Waals surface area contributed by atoms with E-state index in [1.165, 1.54) is 22.8 Å². The number of fused-ring (bicyclic) bond motifs is 1. The third-order valence-electron chi connectivity index (χ3n) is 2.70. The van der Waals surface area contributed by atoms with Crippen molar-refractivity contribution in [3.63, 3.8) is 0 Å². The average molecular weight is 305 g/mol. The number of rotatable bonds is 3. The van der Waals surface area contributed by atoms with E-state index >= 15 is 0 Å². The first-order valence-corrected chi connectivity index (χ1v) is 7.53. The Balaban J connectivity index is 2.10. The van der Waals surface area contributed by atoms with Crippen molar-refractivity contribution in [2.75, 3.05) is 7.11 Å². The fourth-order valence-corrected chi connectivity index (χ4v) is 3.20. The SMILES string of the molecule is COc1c(/C=C/c2cnc(C)s2)nc2sccn2c1=O. The van der Waals surface area contributed by atoms with Gasteiger partial charge in [0.25, 0.3) is 0 Å². The van der Waals surface area contributed by atoms with Crippen molar-refractivity contribution in [1.29, 1.82) is 0 Å². The number of ether oxygens (including phenoxy) is 1. The van der Waals surface area contributed by atoms with Gasteiger partial charge in [-0.3, -0.25) is 9.20 Å². The number of methoxy groups -OCH3 is 1. The van der Waals surface area contributed by atoms with Crippen molar-refractivity contribution < 1.29 is 4.74 Å². The van der Waals surface area contributed by atoms with Crippen molar-refractivity contribution in [2.24, 2.45) is 0 Å². The van der Waals surface area contributed by atoms with Crippen LogP contribution in [-0.4, -0.2) is 21.5 Å². The van der Waals surface area contributed by atoms with E-state index in [2.05, 4.69) is 9.97 Å². The third-order valence-corrected chi connectivity index (χ3v) is 4.33. The van der Waals surface area contributed by atoms with Gasteiger partial charge in [-0.25, -0.2) is 9.97 Å². The average Bonchev–Trinajstić information content (AvgIpc) is 3.05. The summed E-state index contributed by atoms with van der Waals surface area (Å²) in [5.74, 6) is 0.249. The molecule has 5 nitrogen and oxygen atoms in total. The van der Waals surface area contributed by atoms with Crippen LogP contribution in [0.25, 0.3) is 17.1 Å². The standard InChI is InChI=1S/C13H11N3O2S2/c1-8-14-7-9(20-8)3-4-10-11(18-2)12(17)16-5-6-19-13(16)15-10/h3-7H,1-2H3/b4-3+. The molecule has 0 aromatic carbocycles. The summed E-state index contributed by atoms with van der Waals surface area (Å²) in [5.41, 5.74) is 0.338. The Labute approximate surface area is 122 Å². The molecule has 0 aliphatic carbocycles. The van der Waals surface area contributed by atoms with Gasteiger partial charge in [-0.05, 0) is 19.1 Å². The summed E-state index contributed by atoms with van der Waals surface area (Å²) in [4.78, 5) is 22.5. The fraction of sp³-hybridized carbons (Fsp3) is 0.154. The number of aryl methyl sites for hydroxylation is 1. The number of thiazole rings is 2. The van der Waals surface area contributed by atoms with Crippen LogP contribution in [0, 0.1) is 6.92 Å². The highest BCUT2D eigenvalue weighted by Gasteiger charge is 2.11. The first-order chi connectivity index (χ1) is 9.69. The van der Waals surface area contributed by atoms with Crippen LogP contribution in [-0.2, 0) is 0 Å². The van der Waals surface area contributed by atoms with Crippen molar-refractivity contribution in [3.8, 4) is 5.75 Å². The Morgan fingerprint density at radius 3 is 2.95 bits per heavy atom. The molecule has 0 aliphatic rings. The molecular formula is C13H11N3O2S2. The van der Waals surface area contributed by atoms with Crippen LogP contribution in [0.15, 0.2) is 22.6 Å². The Kier molecular flexibility index (Phi) is 3.37. The summed E-state index contributed by atoms with van der Waals surface area (Å²) >= 11 is 3.00. The molecule has 0 bridgehead atoms. The topological polar surface area (TPSA) is 56.5 Å². The van der Waals surface area contributed by atoms with Crippen LogP contribution in [0.2, 0.25) is 0 Å². The van der Waals surface area contributed by atoms with Gasteiger partial charge < -0.3 is 4.74 Å². The lowest BCUT2D eigenvalue weighted by atomic mass is 10.3. The van der Waals surface area contributed by atoms with E-state index in [0.717, 1.165) is 9.88 Å². The van der Waals surface area contributed by atoms with Gasteiger partial charge in [0.1, 0.15) is 5.69 Å². The first kappa shape index (κ1) is 13.0. The predicted molar refractivity (Wildman–Crippen MR) is 81.7 cm³/mol.